The molecule has 0 spiro atoms. The van der Waals surface area contributed by atoms with Gasteiger partial charge in [0.1, 0.15) is 5.15 Å². The van der Waals surface area contributed by atoms with Gasteiger partial charge in [0.25, 0.3) is 0 Å². The van der Waals surface area contributed by atoms with Crippen LogP contribution in [0.2, 0.25) is 5.15 Å². The number of aromatic nitrogens is 1. The normalized spacial score (nSPS) is 10.4. The van der Waals surface area contributed by atoms with Crippen molar-refractivity contribution in [2.75, 3.05) is 20.3 Å². The highest BCUT2D eigenvalue weighted by atomic mass is 35.5. The molecular formula is C13H18ClNO3. The summed E-state index contributed by atoms with van der Waals surface area (Å²) in [5, 5.41) is 0.324. The van der Waals surface area contributed by atoms with E-state index in [0.29, 0.717) is 30.4 Å². The maximum absolute atomic E-state index is 11.8. The molecule has 0 aromatic carbocycles. The molecule has 5 heteroatoms. The molecule has 0 saturated carbocycles. The zero-order valence-electron chi connectivity index (χ0n) is 10.7. The van der Waals surface area contributed by atoms with Crippen molar-refractivity contribution in [3.63, 3.8) is 0 Å². The van der Waals surface area contributed by atoms with Crippen LogP contribution < -0.4 is 0 Å². The Morgan fingerprint density at radius 1 is 1.39 bits per heavy atom. The summed E-state index contributed by atoms with van der Waals surface area (Å²) in [6.45, 7) is 2.96. The van der Waals surface area contributed by atoms with Gasteiger partial charge in [0.15, 0.2) is 0 Å². The number of rotatable bonds is 7. The molecule has 0 unspecified atom stereocenters. The van der Waals surface area contributed by atoms with Crippen molar-refractivity contribution >= 4 is 17.6 Å². The van der Waals surface area contributed by atoms with Crippen LogP contribution in [0.4, 0.5) is 0 Å². The molecule has 0 radical (unpaired) electrons. The Kier molecular flexibility index (Phi) is 6.68. The number of esters is 1. The molecule has 18 heavy (non-hydrogen) atoms. The highest BCUT2D eigenvalue weighted by molar-refractivity contribution is 6.29. The van der Waals surface area contributed by atoms with Crippen LogP contribution in [0.1, 0.15) is 35.8 Å². The molecule has 0 saturated heterocycles. The molecule has 0 N–H and O–H groups in total. The van der Waals surface area contributed by atoms with E-state index in [1.807, 2.05) is 6.92 Å². The van der Waals surface area contributed by atoms with Gasteiger partial charge in [-0.15, -0.1) is 0 Å². The van der Waals surface area contributed by atoms with Gasteiger partial charge in [0, 0.05) is 25.8 Å². The van der Waals surface area contributed by atoms with Crippen molar-refractivity contribution in [3.8, 4) is 0 Å². The minimum Gasteiger partial charge on any atom is -0.462 e. The topological polar surface area (TPSA) is 48.4 Å². The Morgan fingerprint density at radius 2 is 2.17 bits per heavy atom. The van der Waals surface area contributed by atoms with E-state index in [2.05, 4.69) is 4.98 Å². The van der Waals surface area contributed by atoms with Crippen molar-refractivity contribution in [2.24, 2.45) is 0 Å². The van der Waals surface area contributed by atoms with Crippen LogP contribution in [0.3, 0.4) is 0 Å². The summed E-state index contributed by atoms with van der Waals surface area (Å²) >= 11 is 5.87. The fraction of sp³-hybridized carbons (Fsp3) is 0.538. The molecule has 0 fully saturated rings. The second-order valence-corrected chi connectivity index (χ2v) is 4.29. The van der Waals surface area contributed by atoms with Crippen molar-refractivity contribution < 1.29 is 14.3 Å². The predicted octanol–water partition coefficient (Wildman–Crippen LogP) is 2.88. The van der Waals surface area contributed by atoms with Crippen molar-refractivity contribution in [3.05, 3.63) is 28.5 Å². The molecule has 0 atom stereocenters. The number of carbonyl (C=O) groups is 1. The van der Waals surface area contributed by atoms with Crippen molar-refractivity contribution in [1.82, 2.24) is 4.98 Å². The van der Waals surface area contributed by atoms with E-state index in [-0.39, 0.29) is 5.97 Å². The van der Waals surface area contributed by atoms with Gasteiger partial charge in [0.2, 0.25) is 0 Å². The van der Waals surface area contributed by atoms with Crippen LogP contribution in [0, 0.1) is 0 Å². The lowest BCUT2D eigenvalue weighted by molar-refractivity contribution is 0.0468. The lowest BCUT2D eigenvalue weighted by Crippen LogP contribution is -2.09. The second-order valence-electron chi connectivity index (χ2n) is 3.90. The Labute approximate surface area is 112 Å². The molecule has 0 aliphatic heterocycles. The number of methoxy groups -OCH3 is 1. The van der Waals surface area contributed by atoms with Crippen LogP contribution in [0.5, 0.6) is 0 Å². The summed E-state index contributed by atoms with van der Waals surface area (Å²) in [7, 11) is 1.61. The Balaban J connectivity index is 2.61. The van der Waals surface area contributed by atoms with Crippen LogP contribution >= 0.6 is 11.6 Å². The van der Waals surface area contributed by atoms with Gasteiger partial charge >= 0.3 is 5.97 Å². The first-order valence-corrected chi connectivity index (χ1v) is 6.37. The molecule has 1 rings (SSSR count). The Morgan fingerprint density at radius 3 is 2.83 bits per heavy atom. The lowest BCUT2D eigenvalue weighted by atomic mass is 10.2. The molecule has 0 aliphatic rings. The number of hydrogen-bond donors (Lipinski definition) is 0. The largest absolute Gasteiger partial charge is 0.462 e. The maximum Gasteiger partial charge on any atom is 0.338 e. The number of nitrogens with zero attached hydrogens (tertiary/aromatic N) is 1. The molecule has 1 heterocycles. The summed E-state index contributed by atoms with van der Waals surface area (Å²) in [4.78, 5) is 15.9. The minimum atomic E-state index is -0.368. The summed E-state index contributed by atoms with van der Waals surface area (Å²) in [5.41, 5.74) is 1.27. The zero-order valence-corrected chi connectivity index (χ0v) is 11.5. The van der Waals surface area contributed by atoms with Gasteiger partial charge in [-0.3, -0.25) is 0 Å². The average molecular weight is 272 g/mol. The van der Waals surface area contributed by atoms with E-state index in [1.54, 1.807) is 13.2 Å². The number of pyridine rings is 1. The molecular weight excluding hydrogens is 254 g/mol. The number of ether oxygens (including phenoxy) is 2. The summed E-state index contributed by atoms with van der Waals surface area (Å²) in [6, 6.07) is 3.26. The van der Waals surface area contributed by atoms with Crippen molar-refractivity contribution in [2.45, 2.75) is 26.2 Å². The Bertz CT molecular complexity index is 396. The molecule has 4 nitrogen and oxygen atoms in total. The van der Waals surface area contributed by atoms with Gasteiger partial charge in [-0.05, 0) is 18.6 Å². The summed E-state index contributed by atoms with van der Waals surface area (Å²) in [6.07, 6.45) is 2.43. The van der Waals surface area contributed by atoms with E-state index >= 15 is 0 Å². The lowest BCUT2D eigenvalue weighted by Gasteiger charge is -2.06. The van der Waals surface area contributed by atoms with E-state index in [1.165, 1.54) is 6.07 Å². The van der Waals surface area contributed by atoms with Crippen LogP contribution in [0.25, 0.3) is 0 Å². The number of aryl methyl sites for hydroxylation is 1. The van der Waals surface area contributed by atoms with Gasteiger partial charge < -0.3 is 9.47 Å². The first kappa shape index (κ1) is 14.9. The third kappa shape index (κ3) is 5.02. The summed E-state index contributed by atoms with van der Waals surface area (Å²) < 4.78 is 9.99. The molecule has 0 amide bonds. The number of halogens is 1. The molecule has 0 bridgehead atoms. The molecule has 1 aromatic heterocycles. The quantitative estimate of drug-likeness (QED) is 0.435. The molecule has 0 aliphatic carbocycles. The summed E-state index contributed by atoms with van der Waals surface area (Å²) in [5.74, 6) is -0.368. The Hall–Kier alpha value is -1.13. The third-order valence-electron chi connectivity index (χ3n) is 2.31. The zero-order chi connectivity index (χ0) is 13.4. The smallest absolute Gasteiger partial charge is 0.338 e. The second kappa shape index (κ2) is 8.06. The SMILES string of the molecule is CCCc1cc(C(=O)OCCCOC)cc(Cl)n1. The highest BCUT2D eigenvalue weighted by Crippen LogP contribution is 2.13. The monoisotopic (exact) mass is 271 g/mol. The predicted molar refractivity (Wildman–Crippen MR) is 70.0 cm³/mol. The van der Waals surface area contributed by atoms with E-state index < -0.39 is 0 Å². The van der Waals surface area contributed by atoms with Gasteiger partial charge in [-0.2, -0.15) is 0 Å². The fourth-order valence-corrected chi connectivity index (χ4v) is 1.73. The average Bonchev–Trinajstić information content (AvgIpc) is 2.34. The van der Waals surface area contributed by atoms with E-state index in [0.717, 1.165) is 18.5 Å². The van der Waals surface area contributed by atoms with Gasteiger partial charge in [-0.25, -0.2) is 9.78 Å². The first-order chi connectivity index (χ1) is 8.67. The first-order valence-electron chi connectivity index (χ1n) is 6.00. The molecule has 100 valence electrons. The highest BCUT2D eigenvalue weighted by Gasteiger charge is 2.10. The third-order valence-corrected chi connectivity index (χ3v) is 2.51. The van der Waals surface area contributed by atoms with Crippen LogP contribution in [-0.2, 0) is 15.9 Å². The maximum atomic E-state index is 11.8. The van der Waals surface area contributed by atoms with Gasteiger partial charge in [-0.1, -0.05) is 24.9 Å². The van der Waals surface area contributed by atoms with Crippen LogP contribution in [0.15, 0.2) is 12.1 Å². The van der Waals surface area contributed by atoms with E-state index in [9.17, 15) is 4.79 Å². The van der Waals surface area contributed by atoms with Crippen LogP contribution in [-0.4, -0.2) is 31.3 Å². The number of carbonyl (C=O) groups excluding carboxylic acids is 1. The molecule has 1 aromatic rings. The van der Waals surface area contributed by atoms with E-state index in [4.69, 9.17) is 21.1 Å². The fourth-order valence-electron chi connectivity index (χ4n) is 1.50. The standard InChI is InChI=1S/C13H18ClNO3/c1-3-5-11-8-10(9-12(14)15-11)13(16)18-7-4-6-17-2/h8-9H,3-7H2,1-2H3. The van der Waals surface area contributed by atoms with Gasteiger partial charge in [0.05, 0.1) is 12.2 Å². The van der Waals surface area contributed by atoms with Crippen molar-refractivity contribution in [1.29, 1.82) is 0 Å². The number of hydrogen-bond acceptors (Lipinski definition) is 4. The minimum absolute atomic E-state index is 0.324.